The number of rotatable bonds is 7. The van der Waals surface area contributed by atoms with Crippen LogP contribution in [-0.2, 0) is 0 Å². The maximum absolute atomic E-state index is 12.9. The first-order valence-electron chi connectivity index (χ1n) is 9.41. The van der Waals surface area contributed by atoms with Crippen LogP contribution in [0.2, 0.25) is 12.6 Å². The molecule has 2 aromatic heterocycles. The second-order valence-electron chi connectivity index (χ2n) is 7.05. The number of nitrogens with one attached hydrogen (secondary N) is 1. The van der Waals surface area contributed by atoms with Crippen LogP contribution in [0.15, 0.2) is 40.5 Å². The van der Waals surface area contributed by atoms with Crippen LogP contribution in [0.4, 0.5) is 0 Å². The molecule has 0 bridgehead atoms. The molecule has 3 rings (SSSR count). The van der Waals surface area contributed by atoms with Gasteiger partial charge in [-0.1, -0.05) is 55.9 Å². The first-order valence-corrected chi connectivity index (χ1v) is 12.8. The summed E-state index contributed by atoms with van der Waals surface area (Å²) in [5, 5.41) is 13.7. The molecule has 0 aliphatic heterocycles. The number of carbonyl (C=O) groups excluding carboxylic acids is 1. The molecule has 27 heavy (non-hydrogen) atoms. The third-order valence-electron chi connectivity index (χ3n) is 5.36. The third-order valence-corrected chi connectivity index (χ3v) is 9.00. The first kappa shape index (κ1) is 19.6. The molecule has 2 N–H and O–H groups in total. The van der Waals surface area contributed by atoms with Crippen LogP contribution in [0.5, 0.6) is 5.75 Å². The summed E-state index contributed by atoms with van der Waals surface area (Å²) in [7, 11) is -0.931. The van der Waals surface area contributed by atoms with Gasteiger partial charge in [0.2, 0.25) is 0 Å². The zero-order valence-corrected chi connectivity index (χ0v) is 17.9. The van der Waals surface area contributed by atoms with Crippen molar-refractivity contribution in [3.05, 3.63) is 57.2 Å². The normalized spacial score (nSPS) is 13.6. The Balaban J connectivity index is 1.91. The number of pyridine rings is 1. The van der Waals surface area contributed by atoms with E-state index in [0.717, 1.165) is 12.0 Å². The molecule has 2 unspecified atom stereocenters. The minimum absolute atomic E-state index is 0.0355. The lowest BCUT2D eigenvalue weighted by Crippen LogP contribution is -2.26. The molecule has 0 saturated heterocycles. The Morgan fingerprint density at radius 2 is 2.07 bits per heavy atom. The Kier molecular flexibility index (Phi) is 5.97. The Bertz CT molecular complexity index is 1020. The molecular weight excluding hydrogens is 374 g/mol. The highest BCUT2D eigenvalue weighted by Gasteiger charge is 2.23. The molecule has 0 amide bonds. The summed E-state index contributed by atoms with van der Waals surface area (Å²) in [4.78, 5) is 28.0. The van der Waals surface area contributed by atoms with Crippen LogP contribution in [0.3, 0.4) is 0 Å². The van der Waals surface area contributed by atoms with Crippen LogP contribution in [0, 0.1) is 0 Å². The summed E-state index contributed by atoms with van der Waals surface area (Å²) in [5.74, 6) is -0.459. The van der Waals surface area contributed by atoms with Crippen molar-refractivity contribution in [3.63, 3.8) is 0 Å². The molecule has 1 aromatic carbocycles. The first-order chi connectivity index (χ1) is 13.0. The number of hydrogen-bond donors (Lipinski definition) is 2. The second kappa shape index (κ2) is 8.23. The highest BCUT2D eigenvalue weighted by molar-refractivity contribution is 7.17. The summed E-state index contributed by atoms with van der Waals surface area (Å²) in [6, 6.07) is 11.5. The fraction of sp³-hybridized carbons (Fsp3) is 0.333. The minimum atomic E-state index is -0.931. The van der Waals surface area contributed by atoms with E-state index in [2.05, 4.69) is 49.6 Å². The lowest BCUT2D eigenvalue weighted by molar-refractivity contribution is 0.0969. The molecule has 0 aliphatic rings. The standard InChI is InChI=1S/C21H25NO3SSi/c1-4-13(14-7-6-8-15(11-14)27(3)5-2)12-17(23)18-19(24)20-16(9-10-26-20)22-21(18)25/h6-11,13,27H,4-5,12H2,1-3H3,(H2,22,24,25). The van der Waals surface area contributed by atoms with E-state index in [9.17, 15) is 14.7 Å². The molecule has 142 valence electrons. The van der Waals surface area contributed by atoms with Crippen LogP contribution in [-0.4, -0.2) is 24.7 Å². The Morgan fingerprint density at radius 3 is 2.78 bits per heavy atom. The van der Waals surface area contributed by atoms with E-state index in [1.807, 2.05) is 0 Å². The summed E-state index contributed by atoms with van der Waals surface area (Å²) in [6.07, 6.45) is 1.02. The van der Waals surface area contributed by atoms with Crippen molar-refractivity contribution in [3.8, 4) is 5.75 Å². The molecule has 0 radical (unpaired) electrons. The van der Waals surface area contributed by atoms with Gasteiger partial charge in [-0.2, -0.15) is 0 Å². The summed E-state index contributed by atoms with van der Waals surface area (Å²) in [5.41, 5.74) is 1.08. The molecular formula is C21H25NO3SSi. The minimum Gasteiger partial charge on any atom is -0.505 e. The number of aromatic nitrogens is 1. The van der Waals surface area contributed by atoms with Crippen molar-refractivity contribution in [2.45, 2.75) is 45.2 Å². The maximum atomic E-state index is 12.9. The van der Waals surface area contributed by atoms with E-state index >= 15 is 0 Å². The number of aromatic hydroxyl groups is 1. The van der Waals surface area contributed by atoms with Gasteiger partial charge in [-0.05, 0) is 29.3 Å². The molecule has 0 fully saturated rings. The number of hydrogen-bond acceptors (Lipinski definition) is 4. The number of fused-ring (bicyclic) bond motifs is 1. The SMILES string of the molecule is CCC(CC(=O)c1c(O)c2sccc2[nH]c1=O)c1cccc([SiH](C)CC)c1. The largest absolute Gasteiger partial charge is 0.505 e. The van der Waals surface area contributed by atoms with Crippen molar-refractivity contribution in [2.24, 2.45) is 0 Å². The van der Waals surface area contributed by atoms with E-state index < -0.39 is 14.4 Å². The number of ketones is 1. The Hall–Kier alpha value is -2.18. The van der Waals surface area contributed by atoms with Gasteiger partial charge < -0.3 is 10.1 Å². The van der Waals surface area contributed by atoms with Crippen molar-refractivity contribution < 1.29 is 9.90 Å². The summed E-state index contributed by atoms with van der Waals surface area (Å²) in [6.45, 7) is 6.61. The molecule has 3 aromatic rings. The van der Waals surface area contributed by atoms with Gasteiger partial charge in [0.25, 0.3) is 5.56 Å². The summed E-state index contributed by atoms with van der Waals surface area (Å²) >= 11 is 1.32. The third kappa shape index (κ3) is 3.91. The maximum Gasteiger partial charge on any atom is 0.263 e. The number of Topliss-reactive ketones (excluding diaryl/α,β-unsaturated/α-hetero) is 1. The van der Waals surface area contributed by atoms with Gasteiger partial charge in [-0.25, -0.2) is 0 Å². The van der Waals surface area contributed by atoms with Crippen molar-refractivity contribution in [1.29, 1.82) is 0 Å². The average molecular weight is 400 g/mol. The molecule has 6 heteroatoms. The number of aromatic amines is 1. The van der Waals surface area contributed by atoms with Gasteiger partial charge in [-0.15, -0.1) is 11.3 Å². The fourth-order valence-corrected chi connectivity index (χ4v) is 5.62. The van der Waals surface area contributed by atoms with Gasteiger partial charge in [0, 0.05) is 6.42 Å². The van der Waals surface area contributed by atoms with E-state index in [0.29, 0.717) is 10.2 Å². The Labute approximate surface area is 164 Å². The van der Waals surface area contributed by atoms with Gasteiger partial charge in [-0.3, -0.25) is 9.59 Å². The van der Waals surface area contributed by atoms with Gasteiger partial charge >= 0.3 is 0 Å². The number of H-pyrrole nitrogens is 1. The van der Waals surface area contributed by atoms with Crippen LogP contribution in [0.1, 0.15) is 48.5 Å². The number of benzene rings is 1. The molecule has 0 aliphatic carbocycles. The molecule has 2 heterocycles. The van der Waals surface area contributed by atoms with E-state index in [1.165, 1.54) is 22.6 Å². The quantitative estimate of drug-likeness (QED) is 0.463. The van der Waals surface area contributed by atoms with E-state index in [4.69, 9.17) is 0 Å². The highest BCUT2D eigenvalue weighted by atomic mass is 32.1. The van der Waals surface area contributed by atoms with Crippen molar-refractivity contribution >= 4 is 41.3 Å². The number of thiophene rings is 1. The lowest BCUT2D eigenvalue weighted by Gasteiger charge is -2.17. The molecule has 0 spiro atoms. The number of carbonyl (C=O) groups is 1. The molecule has 2 atom stereocenters. The Morgan fingerprint density at radius 1 is 1.30 bits per heavy atom. The predicted octanol–water partition coefficient (Wildman–Crippen LogP) is 4.15. The summed E-state index contributed by atoms with van der Waals surface area (Å²) < 4.78 is 0.552. The smallest absolute Gasteiger partial charge is 0.263 e. The van der Waals surface area contributed by atoms with Gasteiger partial charge in [0.1, 0.15) is 5.56 Å². The zero-order valence-electron chi connectivity index (χ0n) is 15.9. The van der Waals surface area contributed by atoms with Gasteiger partial charge in [0.05, 0.1) is 19.0 Å². The predicted molar refractivity (Wildman–Crippen MR) is 116 cm³/mol. The van der Waals surface area contributed by atoms with E-state index in [-0.39, 0.29) is 29.4 Å². The van der Waals surface area contributed by atoms with Crippen molar-refractivity contribution in [2.75, 3.05) is 0 Å². The van der Waals surface area contributed by atoms with E-state index in [1.54, 1.807) is 11.4 Å². The monoisotopic (exact) mass is 399 g/mol. The van der Waals surface area contributed by atoms with Gasteiger partial charge in [0.15, 0.2) is 11.5 Å². The topological polar surface area (TPSA) is 70.2 Å². The fourth-order valence-electron chi connectivity index (χ4n) is 3.43. The lowest BCUT2D eigenvalue weighted by atomic mass is 9.89. The average Bonchev–Trinajstić information content (AvgIpc) is 3.14. The zero-order chi connectivity index (χ0) is 19.6. The molecule has 4 nitrogen and oxygen atoms in total. The van der Waals surface area contributed by atoms with Crippen LogP contribution >= 0.6 is 11.3 Å². The van der Waals surface area contributed by atoms with Crippen molar-refractivity contribution in [1.82, 2.24) is 4.98 Å². The van der Waals surface area contributed by atoms with Crippen LogP contribution < -0.4 is 10.7 Å². The second-order valence-corrected chi connectivity index (χ2v) is 11.3. The van der Waals surface area contributed by atoms with Crippen LogP contribution in [0.25, 0.3) is 10.2 Å². The molecule has 0 saturated carbocycles. The highest BCUT2D eigenvalue weighted by Crippen LogP contribution is 2.32.